The van der Waals surface area contributed by atoms with E-state index in [1.54, 1.807) is 0 Å². The number of carbonyl (C=O) groups excluding carboxylic acids is 1. The van der Waals surface area contributed by atoms with Crippen molar-refractivity contribution >= 4 is 5.97 Å². The van der Waals surface area contributed by atoms with E-state index < -0.39 is 29.5 Å². The first-order chi connectivity index (χ1) is 7.76. The van der Waals surface area contributed by atoms with Gasteiger partial charge in [0.2, 0.25) is 5.88 Å². The van der Waals surface area contributed by atoms with Gasteiger partial charge in [-0.25, -0.2) is 9.78 Å². The summed E-state index contributed by atoms with van der Waals surface area (Å²) >= 11 is 0. The summed E-state index contributed by atoms with van der Waals surface area (Å²) < 4.78 is 44.0. The number of alkyl halides is 3. The third-order valence-corrected chi connectivity index (χ3v) is 1.88. The van der Waals surface area contributed by atoms with E-state index >= 15 is 0 Å². The van der Waals surface area contributed by atoms with Gasteiger partial charge >= 0.3 is 12.3 Å². The second kappa shape index (κ2) is 4.48. The van der Waals surface area contributed by atoms with Gasteiger partial charge in [-0.1, -0.05) is 0 Å². The lowest BCUT2D eigenvalue weighted by Gasteiger charge is -2.13. The quantitative estimate of drug-likeness (QED) is 0.811. The topological polar surface area (TPSA) is 68.7 Å². The fourth-order valence-electron chi connectivity index (χ4n) is 1.10. The fourth-order valence-corrected chi connectivity index (χ4v) is 1.10. The zero-order valence-electron chi connectivity index (χ0n) is 8.83. The average Bonchev–Trinajstić information content (AvgIpc) is 2.21. The number of aromatic hydroxyl groups is 1. The summed E-state index contributed by atoms with van der Waals surface area (Å²) in [7, 11) is 0.989. The molecule has 1 N–H and O–H groups in total. The Morgan fingerprint density at radius 3 is 2.53 bits per heavy atom. The molecule has 1 heterocycles. The number of hydrogen-bond acceptors (Lipinski definition) is 5. The number of esters is 1. The van der Waals surface area contributed by atoms with Gasteiger partial charge < -0.3 is 14.6 Å². The van der Waals surface area contributed by atoms with E-state index in [0.717, 1.165) is 13.3 Å². The monoisotopic (exact) mass is 251 g/mol. The molecule has 0 unspecified atom stereocenters. The van der Waals surface area contributed by atoms with Crippen LogP contribution in [0.3, 0.4) is 0 Å². The van der Waals surface area contributed by atoms with E-state index in [4.69, 9.17) is 0 Å². The van der Waals surface area contributed by atoms with Gasteiger partial charge in [0.15, 0.2) is 0 Å². The predicted molar refractivity (Wildman–Crippen MR) is 48.7 cm³/mol. The van der Waals surface area contributed by atoms with Crippen molar-refractivity contribution in [2.24, 2.45) is 0 Å². The maximum atomic E-state index is 12.0. The number of rotatable bonds is 2. The van der Waals surface area contributed by atoms with Gasteiger partial charge in [0.05, 0.1) is 13.3 Å². The largest absolute Gasteiger partial charge is 0.574 e. The maximum Gasteiger partial charge on any atom is 0.574 e. The molecule has 0 aromatic carbocycles. The number of ether oxygens (including phenoxy) is 2. The molecule has 1 rings (SSSR count). The normalized spacial score (nSPS) is 11.1. The Balaban J connectivity index is 3.30. The Bertz CT molecular complexity index is 445. The van der Waals surface area contributed by atoms with Crippen molar-refractivity contribution < 1.29 is 32.5 Å². The van der Waals surface area contributed by atoms with Crippen LogP contribution in [0.4, 0.5) is 13.2 Å². The smallest absolute Gasteiger partial charge is 0.506 e. The fraction of sp³-hybridized carbons (Fsp3) is 0.333. The third-order valence-electron chi connectivity index (χ3n) is 1.88. The molecule has 0 saturated heterocycles. The zero-order valence-corrected chi connectivity index (χ0v) is 8.83. The minimum absolute atomic E-state index is 0.105. The molecule has 17 heavy (non-hydrogen) atoms. The molecule has 1 aromatic heterocycles. The van der Waals surface area contributed by atoms with Crippen LogP contribution in [0.25, 0.3) is 0 Å². The van der Waals surface area contributed by atoms with E-state index in [1.165, 1.54) is 6.92 Å². The first-order valence-corrected chi connectivity index (χ1v) is 4.29. The van der Waals surface area contributed by atoms with Crippen molar-refractivity contribution in [3.05, 3.63) is 17.3 Å². The summed E-state index contributed by atoms with van der Waals surface area (Å²) in [5.41, 5.74) is -0.670. The summed E-state index contributed by atoms with van der Waals surface area (Å²) in [6.07, 6.45) is -4.23. The summed E-state index contributed by atoms with van der Waals surface area (Å²) in [6.45, 7) is 1.24. The van der Waals surface area contributed by atoms with Crippen LogP contribution in [0.5, 0.6) is 11.6 Å². The highest BCUT2D eigenvalue weighted by Crippen LogP contribution is 2.30. The van der Waals surface area contributed by atoms with Crippen LogP contribution in [-0.4, -0.2) is 29.5 Å². The van der Waals surface area contributed by atoms with Crippen molar-refractivity contribution in [1.82, 2.24) is 4.98 Å². The van der Waals surface area contributed by atoms with Gasteiger partial charge in [-0.3, -0.25) is 0 Å². The first kappa shape index (κ1) is 13.1. The summed E-state index contributed by atoms with van der Waals surface area (Å²) in [6, 6.07) is 0. The second-order valence-corrected chi connectivity index (χ2v) is 2.99. The van der Waals surface area contributed by atoms with E-state index in [-0.39, 0.29) is 5.56 Å². The molecule has 0 radical (unpaired) electrons. The average molecular weight is 251 g/mol. The molecule has 0 fully saturated rings. The van der Waals surface area contributed by atoms with Gasteiger partial charge in [0.25, 0.3) is 0 Å². The predicted octanol–water partition coefficient (Wildman–Crippen LogP) is 1.78. The van der Waals surface area contributed by atoms with Crippen molar-refractivity contribution in [1.29, 1.82) is 0 Å². The highest BCUT2D eigenvalue weighted by atomic mass is 19.4. The number of aromatic nitrogens is 1. The minimum atomic E-state index is -4.99. The molecule has 5 nitrogen and oxygen atoms in total. The molecule has 0 bridgehead atoms. The molecule has 1 aromatic rings. The molecule has 0 spiro atoms. The minimum Gasteiger partial charge on any atom is -0.506 e. The third kappa shape index (κ3) is 2.99. The molecule has 0 aliphatic carbocycles. The standard InChI is InChI=1S/C9H8F3NO4/c1-4-5(14)3-13-7(17-9(10,11)12)6(4)8(15)16-2/h3,14H,1-2H3. The number of pyridine rings is 1. The van der Waals surface area contributed by atoms with E-state index in [0.29, 0.717) is 0 Å². The van der Waals surface area contributed by atoms with E-state index in [1.807, 2.05) is 0 Å². The lowest BCUT2D eigenvalue weighted by molar-refractivity contribution is -0.276. The van der Waals surface area contributed by atoms with Crippen molar-refractivity contribution in [3.8, 4) is 11.6 Å². The van der Waals surface area contributed by atoms with Crippen LogP contribution in [-0.2, 0) is 4.74 Å². The molecule has 8 heteroatoms. The summed E-state index contributed by atoms with van der Waals surface area (Å²) in [4.78, 5) is 14.5. The van der Waals surface area contributed by atoms with Crippen molar-refractivity contribution in [3.63, 3.8) is 0 Å². The van der Waals surface area contributed by atoms with Crippen LogP contribution in [0.1, 0.15) is 15.9 Å². The van der Waals surface area contributed by atoms with Gasteiger partial charge in [0.1, 0.15) is 11.3 Å². The zero-order chi connectivity index (χ0) is 13.2. The SMILES string of the molecule is COC(=O)c1c(OC(F)(F)F)ncc(O)c1C. The Morgan fingerprint density at radius 2 is 2.06 bits per heavy atom. The molecule has 0 aliphatic heterocycles. The molecule has 0 aliphatic rings. The van der Waals surface area contributed by atoms with Crippen LogP contribution in [0.15, 0.2) is 6.20 Å². The van der Waals surface area contributed by atoms with E-state index in [2.05, 4.69) is 14.5 Å². The number of carbonyl (C=O) groups is 1. The number of methoxy groups -OCH3 is 1. The molecule has 0 amide bonds. The molecule has 0 atom stereocenters. The van der Waals surface area contributed by atoms with Gasteiger partial charge in [-0.2, -0.15) is 0 Å². The Labute approximate surface area is 93.8 Å². The summed E-state index contributed by atoms with van der Waals surface area (Å²) in [5, 5.41) is 9.26. The van der Waals surface area contributed by atoms with Gasteiger partial charge in [-0.15, -0.1) is 13.2 Å². The Hall–Kier alpha value is -1.99. The Morgan fingerprint density at radius 1 is 1.47 bits per heavy atom. The molecular weight excluding hydrogens is 243 g/mol. The van der Waals surface area contributed by atoms with Crippen LogP contribution >= 0.6 is 0 Å². The number of nitrogens with zero attached hydrogens (tertiary/aromatic N) is 1. The van der Waals surface area contributed by atoms with Gasteiger partial charge in [-0.05, 0) is 6.92 Å². The summed E-state index contributed by atoms with van der Waals surface area (Å²) in [5.74, 6) is -2.47. The van der Waals surface area contributed by atoms with Crippen LogP contribution in [0.2, 0.25) is 0 Å². The number of hydrogen-bond donors (Lipinski definition) is 1. The number of halogens is 3. The molecular formula is C9H8F3NO4. The van der Waals surface area contributed by atoms with Crippen LogP contribution in [0, 0.1) is 6.92 Å². The lowest BCUT2D eigenvalue weighted by Crippen LogP contribution is -2.21. The van der Waals surface area contributed by atoms with Gasteiger partial charge in [0, 0.05) is 5.56 Å². The molecule has 94 valence electrons. The van der Waals surface area contributed by atoms with E-state index in [9.17, 15) is 23.1 Å². The van der Waals surface area contributed by atoms with Crippen molar-refractivity contribution in [2.75, 3.05) is 7.11 Å². The highest BCUT2D eigenvalue weighted by Gasteiger charge is 2.35. The highest BCUT2D eigenvalue weighted by molar-refractivity contribution is 5.94. The maximum absolute atomic E-state index is 12.0. The molecule has 0 saturated carbocycles. The van der Waals surface area contributed by atoms with Crippen molar-refractivity contribution in [2.45, 2.75) is 13.3 Å². The first-order valence-electron chi connectivity index (χ1n) is 4.29. The lowest BCUT2D eigenvalue weighted by atomic mass is 10.1. The Kier molecular flexibility index (Phi) is 3.45. The second-order valence-electron chi connectivity index (χ2n) is 2.99. The van der Waals surface area contributed by atoms with Crippen LogP contribution < -0.4 is 4.74 Å².